The molecule has 0 saturated heterocycles. The molecule has 0 spiro atoms. The number of phenols is 4. The summed E-state index contributed by atoms with van der Waals surface area (Å²) in [4.78, 5) is 0. The Hall–Kier alpha value is -3.92. The molecular weight excluding hydrogens is 520 g/mol. The Kier molecular flexibility index (Phi) is 12.1. The van der Waals surface area contributed by atoms with Crippen molar-refractivity contribution in [3.63, 3.8) is 0 Å². The first-order valence-corrected chi connectivity index (χ1v) is 14.7. The van der Waals surface area contributed by atoms with Crippen LogP contribution in [-0.2, 0) is 10.8 Å². The third-order valence-electron chi connectivity index (χ3n) is 7.23. The van der Waals surface area contributed by atoms with Gasteiger partial charge >= 0.3 is 0 Å². The van der Waals surface area contributed by atoms with Gasteiger partial charge in [0.05, 0.1) is 0 Å². The van der Waals surface area contributed by atoms with E-state index >= 15 is 0 Å². The molecule has 0 heterocycles. The molecule has 0 aromatic heterocycles. The molecular formula is C38H50O4. The van der Waals surface area contributed by atoms with Crippen LogP contribution in [0.1, 0.15) is 101 Å². The van der Waals surface area contributed by atoms with Crippen molar-refractivity contribution in [2.75, 3.05) is 0 Å². The molecule has 4 aromatic rings. The molecule has 0 aliphatic carbocycles. The van der Waals surface area contributed by atoms with Gasteiger partial charge in [0.15, 0.2) is 0 Å². The van der Waals surface area contributed by atoms with E-state index in [-0.39, 0.29) is 16.7 Å². The summed E-state index contributed by atoms with van der Waals surface area (Å²) in [6.07, 6.45) is 2.10. The Morgan fingerprint density at radius 3 is 1.12 bits per heavy atom. The normalized spacial score (nSPS) is 11.3. The number of para-hydroxylation sites is 2. The minimum atomic E-state index is -0.121. The summed E-state index contributed by atoms with van der Waals surface area (Å²) in [5.74, 6) is 1.64. The number of phenolic OH excluding ortho intramolecular Hbond substituents is 4. The van der Waals surface area contributed by atoms with Gasteiger partial charge in [0.25, 0.3) is 0 Å². The summed E-state index contributed by atoms with van der Waals surface area (Å²) in [6, 6.07) is 25.7. The Balaban J connectivity index is 0.000000354. The van der Waals surface area contributed by atoms with Gasteiger partial charge < -0.3 is 20.4 Å². The van der Waals surface area contributed by atoms with E-state index in [1.807, 2.05) is 24.3 Å². The predicted octanol–water partition coefficient (Wildman–Crippen LogP) is 10.0. The van der Waals surface area contributed by atoms with Gasteiger partial charge in [-0.25, -0.2) is 0 Å². The van der Waals surface area contributed by atoms with Crippen molar-refractivity contribution in [2.24, 2.45) is 0 Å². The van der Waals surface area contributed by atoms with E-state index in [2.05, 4.69) is 74.4 Å². The van der Waals surface area contributed by atoms with Crippen LogP contribution in [0.3, 0.4) is 0 Å². The van der Waals surface area contributed by atoms with E-state index in [1.54, 1.807) is 48.5 Å². The average molecular weight is 571 g/mol. The highest BCUT2D eigenvalue weighted by Crippen LogP contribution is 2.42. The van der Waals surface area contributed by atoms with Gasteiger partial charge in [0.1, 0.15) is 23.0 Å². The number of aryl methyl sites for hydroxylation is 2. The third kappa shape index (κ3) is 9.87. The minimum absolute atomic E-state index is 0.121. The second-order valence-corrected chi connectivity index (χ2v) is 13.0. The molecule has 0 aliphatic heterocycles. The summed E-state index contributed by atoms with van der Waals surface area (Å²) >= 11 is 0. The van der Waals surface area contributed by atoms with Gasteiger partial charge in [-0.05, 0) is 101 Å². The molecule has 0 aliphatic rings. The Bertz CT molecular complexity index is 1290. The summed E-state index contributed by atoms with van der Waals surface area (Å²) in [5.41, 5.74) is 6.52. The van der Waals surface area contributed by atoms with E-state index in [9.17, 15) is 10.2 Å². The highest BCUT2D eigenvalue weighted by molar-refractivity contribution is 5.52. The molecule has 0 unspecified atom stereocenters. The monoisotopic (exact) mass is 570 g/mol. The smallest absolute Gasteiger partial charge is 0.119 e. The number of hydrogen-bond donors (Lipinski definition) is 4. The molecule has 0 fully saturated rings. The molecule has 0 bridgehead atoms. The minimum Gasteiger partial charge on any atom is -0.508 e. The Labute approximate surface area is 253 Å². The van der Waals surface area contributed by atoms with E-state index in [1.165, 1.54) is 11.1 Å². The first-order chi connectivity index (χ1) is 19.6. The predicted molar refractivity (Wildman–Crippen MR) is 176 cm³/mol. The summed E-state index contributed by atoms with van der Waals surface area (Å²) < 4.78 is 0. The van der Waals surface area contributed by atoms with Crippen molar-refractivity contribution in [3.8, 4) is 23.0 Å². The molecule has 4 nitrogen and oxygen atoms in total. The van der Waals surface area contributed by atoms with Crippen LogP contribution in [0, 0.1) is 13.8 Å². The fourth-order valence-electron chi connectivity index (χ4n) is 4.99. The number of benzene rings is 4. The van der Waals surface area contributed by atoms with Crippen LogP contribution in [0.4, 0.5) is 0 Å². The largest absolute Gasteiger partial charge is 0.508 e. The molecule has 0 atom stereocenters. The molecule has 42 heavy (non-hydrogen) atoms. The summed E-state index contributed by atoms with van der Waals surface area (Å²) in [7, 11) is 0. The molecule has 4 rings (SSSR count). The zero-order valence-corrected chi connectivity index (χ0v) is 26.9. The maximum Gasteiger partial charge on any atom is 0.119 e. The van der Waals surface area contributed by atoms with E-state index in [4.69, 9.17) is 10.2 Å². The molecule has 4 aromatic carbocycles. The Morgan fingerprint density at radius 2 is 0.881 bits per heavy atom. The lowest BCUT2D eigenvalue weighted by molar-refractivity contribution is 0.445. The molecule has 226 valence electrons. The first-order valence-electron chi connectivity index (χ1n) is 14.7. The van der Waals surface area contributed by atoms with Gasteiger partial charge in [0, 0.05) is 5.92 Å². The Morgan fingerprint density at radius 1 is 0.548 bits per heavy atom. The number of hydrogen-bond acceptors (Lipinski definition) is 4. The van der Waals surface area contributed by atoms with Gasteiger partial charge in [-0.1, -0.05) is 103 Å². The van der Waals surface area contributed by atoms with Crippen LogP contribution >= 0.6 is 0 Å². The van der Waals surface area contributed by atoms with Crippen LogP contribution in [0.5, 0.6) is 23.0 Å². The maximum absolute atomic E-state index is 10.5. The van der Waals surface area contributed by atoms with Crippen molar-refractivity contribution in [3.05, 3.63) is 118 Å². The fourth-order valence-corrected chi connectivity index (χ4v) is 4.99. The number of rotatable bonds is 4. The van der Waals surface area contributed by atoms with Crippen molar-refractivity contribution in [1.82, 2.24) is 0 Å². The molecule has 0 radical (unpaired) electrons. The van der Waals surface area contributed by atoms with Crippen molar-refractivity contribution in [1.29, 1.82) is 0 Å². The van der Waals surface area contributed by atoms with Crippen molar-refractivity contribution < 1.29 is 20.4 Å². The average Bonchev–Trinajstić information content (AvgIpc) is 2.88. The molecule has 4 N–H and O–H groups in total. The van der Waals surface area contributed by atoms with E-state index in [0.717, 1.165) is 35.1 Å². The van der Waals surface area contributed by atoms with E-state index < -0.39 is 0 Å². The molecule has 4 heteroatoms. The van der Waals surface area contributed by atoms with Gasteiger partial charge in [0.2, 0.25) is 0 Å². The zero-order chi connectivity index (χ0) is 31.7. The lowest BCUT2D eigenvalue weighted by Gasteiger charge is -2.29. The van der Waals surface area contributed by atoms with E-state index in [0.29, 0.717) is 23.0 Å². The SMILES string of the molecule is CCCC(c1cc(C(C)(C)C)c(O)cc1C)c1cc(C(C)(C)C)c(O)cc1C.Oc1ccccc1.Oc1ccccc1. The zero-order valence-electron chi connectivity index (χ0n) is 26.9. The second kappa shape index (κ2) is 14.8. The second-order valence-electron chi connectivity index (χ2n) is 13.0. The van der Waals surface area contributed by atoms with Crippen LogP contribution < -0.4 is 0 Å². The first kappa shape index (κ1) is 34.3. The van der Waals surface area contributed by atoms with Gasteiger partial charge in [-0.15, -0.1) is 0 Å². The van der Waals surface area contributed by atoms with Crippen molar-refractivity contribution in [2.45, 2.75) is 91.9 Å². The highest BCUT2D eigenvalue weighted by atomic mass is 16.3. The van der Waals surface area contributed by atoms with Crippen LogP contribution in [0.2, 0.25) is 0 Å². The highest BCUT2D eigenvalue weighted by Gasteiger charge is 2.26. The van der Waals surface area contributed by atoms with Crippen LogP contribution in [0.25, 0.3) is 0 Å². The fraction of sp³-hybridized carbons (Fsp3) is 0.368. The van der Waals surface area contributed by atoms with Crippen molar-refractivity contribution >= 4 is 0 Å². The summed E-state index contributed by atoms with van der Waals surface area (Å²) in [6.45, 7) is 19.2. The number of aromatic hydroxyl groups is 4. The standard InChI is InChI=1S/C26H38O2.2C6H6O/c1-10-11-18(19-14-21(25(4,5)6)23(27)12-16(19)2)20-15-22(26(7,8)9)24(28)13-17(20)3;2*7-6-4-2-1-3-5-6/h12-15,18,27-28H,10-11H2,1-9H3;2*1-5,7H. The lowest BCUT2D eigenvalue weighted by atomic mass is 9.76. The lowest BCUT2D eigenvalue weighted by Crippen LogP contribution is -2.16. The quantitative estimate of drug-likeness (QED) is 0.197. The summed E-state index contributed by atoms with van der Waals surface area (Å²) in [5, 5.41) is 38.3. The van der Waals surface area contributed by atoms with Crippen LogP contribution in [-0.4, -0.2) is 20.4 Å². The molecule has 0 amide bonds. The van der Waals surface area contributed by atoms with Gasteiger partial charge in [-0.2, -0.15) is 0 Å². The maximum atomic E-state index is 10.5. The third-order valence-corrected chi connectivity index (χ3v) is 7.23. The van der Waals surface area contributed by atoms with Gasteiger partial charge in [-0.3, -0.25) is 0 Å². The van der Waals surface area contributed by atoms with Crippen LogP contribution in [0.15, 0.2) is 84.9 Å². The molecule has 0 saturated carbocycles. The topological polar surface area (TPSA) is 80.9 Å².